The van der Waals surface area contributed by atoms with E-state index in [0.717, 1.165) is 0 Å². The van der Waals surface area contributed by atoms with Gasteiger partial charge in [-0.2, -0.15) is 9.97 Å². The third-order valence-electron chi connectivity index (χ3n) is 3.33. The Balaban J connectivity index is 1.79. The van der Waals surface area contributed by atoms with Crippen molar-refractivity contribution < 1.29 is 9.53 Å². The second-order valence-corrected chi connectivity index (χ2v) is 7.09. The van der Waals surface area contributed by atoms with Crippen LogP contribution in [0.2, 0.25) is 0 Å². The van der Waals surface area contributed by atoms with E-state index >= 15 is 0 Å². The number of carbonyl (C=O) groups excluding carboxylic acids is 1. The van der Waals surface area contributed by atoms with Crippen LogP contribution >= 0.6 is 27.7 Å². The number of ether oxygens (including phenoxy) is 1. The number of aromatic amines is 1. The molecule has 0 saturated carbocycles. The summed E-state index contributed by atoms with van der Waals surface area (Å²) >= 11 is 4.53. The van der Waals surface area contributed by atoms with E-state index in [0.29, 0.717) is 33.0 Å². The van der Waals surface area contributed by atoms with Crippen LogP contribution in [0.4, 0.5) is 11.9 Å². The van der Waals surface area contributed by atoms with Crippen LogP contribution in [-0.2, 0) is 4.79 Å². The van der Waals surface area contributed by atoms with E-state index in [4.69, 9.17) is 10.5 Å². The van der Waals surface area contributed by atoms with Crippen molar-refractivity contribution in [1.29, 1.82) is 0 Å². The molecule has 26 heavy (non-hydrogen) atoms. The molecule has 0 spiro atoms. The number of aromatic nitrogens is 6. The third kappa shape index (κ3) is 3.85. The SMILES string of the molecule is CC[C@@H](Sc1nc(N)nc2nc[nH]c12)C(=O)Nc1ncc(Br)c(OC)n1. The fourth-order valence-electron chi connectivity index (χ4n) is 2.11. The Labute approximate surface area is 160 Å². The van der Waals surface area contributed by atoms with Crippen LogP contribution in [0.25, 0.3) is 11.2 Å². The van der Waals surface area contributed by atoms with Crippen LogP contribution in [0.15, 0.2) is 22.0 Å². The van der Waals surface area contributed by atoms with Gasteiger partial charge in [0.2, 0.25) is 23.7 Å². The minimum absolute atomic E-state index is 0.100. The first-order chi connectivity index (χ1) is 12.5. The zero-order valence-electron chi connectivity index (χ0n) is 13.9. The molecule has 136 valence electrons. The number of nitrogens with zero attached hydrogens (tertiary/aromatic N) is 5. The summed E-state index contributed by atoms with van der Waals surface area (Å²) in [5, 5.41) is 2.81. The molecule has 0 unspecified atom stereocenters. The maximum atomic E-state index is 12.6. The first-order valence-corrected chi connectivity index (χ1v) is 9.19. The maximum absolute atomic E-state index is 12.6. The van der Waals surface area contributed by atoms with E-state index in [1.54, 1.807) is 0 Å². The molecular formula is C14H15BrN8O2S. The number of thioether (sulfide) groups is 1. The highest BCUT2D eigenvalue weighted by molar-refractivity contribution is 9.10. The summed E-state index contributed by atoms with van der Waals surface area (Å²) in [5.74, 6) is 0.330. The first-order valence-electron chi connectivity index (χ1n) is 7.52. The monoisotopic (exact) mass is 438 g/mol. The van der Waals surface area contributed by atoms with Gasteiger partial charge in [-0.15, -0.1) is 0 Å². The molecule has 3 heterocycles. The Hall–Kier alpha value is -2.47. The van der Waals surface area contributed by atoms with Crippen molar-refractivity contribution in [2.75, 3.05) is 18.2 Å². The van der Waals surface area contributed by atoms with E-state index in [9.17, 15) is 4.79 Å². The summed E-state index contributed by atoms with van der Waals surface area (Å²) in [6.07, 6.45) is 3.57. The lowest BCUT2D eigenvalue weighted by atomic mass is 10.3. The third-order valence-corrected chi connectivity index (χ3v) is 5.22. The van der Waals surface area contributed by atoms with Gasteiger partial charge in [-0.05, 0) is 22.4 Å². The predicted molar refractivity (Wildman–Crippen MR) is 101 cm³/mol. The number of H-pyrrole nitrogens is 1. The Morgan fingerprint density at radius 3 is 2.96 bits per heavy atom. The topological polar surface area (TPSA) is 145 Å². The number of rotatable bonds is 6. The standard InChI is InChI=1S/C14H15BrN8O2S/c1-3-7(10(24)21-14-17-4-6(15)11(22-14)25-2)26-12-8-9(19-5-18-8)20-13(16)23-12/h4-5,7H,3H2,1-2H3,(H,17,21,22,24)(H3,16,18,19,20,23)/t7-/m1/s1. The van der Waals surface area contributed by atoms with Gasteiger partial charge in [-0.3, -0.25) is 10.1 Å². The molecule has 0 aliphatic rings. The first kappa shape index (κ1) is 18.3. The predicted octanol–water partition coefficient (Wildman–Crippen LogP) is 2.01. The van der Waals surface area contributed by atoms with Gasteiger partial charge in [0.15, 0.2) is 5.65 Å². The number of carbonyl (C=O) groups is 1. The van der Waals surface area contributed by atoms with Gasteiger partial charge in [-0.25, -0.2) is 15.0 Å². The van der Waals surface area contributed by atoms with E-state index in [-0.39, 0.29) is 17.8 Å². The molecule has 0 bridgehead atoms. The zero-order chi connectivity index (χ0) is 18.7. The average molecular weight is 439 g/mol. The molecule has 3 rings (SSSR count). The number of nitrogen functional groups attached to an aromatic ring is 1. The summed E-state index contributed by atoms with van der Waals surface area (Å²) in [6, 6.07) is 0. The lowest BCUT2D eigenvalue weighted by Gasteiger charge is -2.14. The number of anilines is 2. The molecule has 0 aliphatic heterocycles. The Kier molecular flexibility index (Phi) is 5.52. The Morgan fingerprint density at radius 2 is 2.23 bits per heavy atom. The largest absolute Gasteiger partial charge is 0.480 e. The Morgan fingerprint density at radius 1 is 1.42 bits per heavy atom. The summed E-state index contributed by atoms with van der Waals surface area (Å²) in [4.78, 5) is 36.1. The van der Waals surface area contributed by atoms with Crippen LogP contribution in [0.1, 0.15) is 13.3 Å². The molecule has 3 aromatic rings. The van der Waals surface area contributed by atoms with Crippen molar-refractivity contribution in [2.24, 2.45) is 0 Å². The van der Waals surface area contributed by atoms with Gasteiger partial charge in [0.05, 0.1) is 29.4 Å². The molecule has 0 saturated heterocycles. The fraction of sp³-hybridized carbons (Fsp3) is 0.286. The molecule has 0 aliphatic carbocycles. The number of imidazole rings is 1. The molecule has 3 aromatic heterocycles. The van der Waals surface area contributed by atoms with Gasteiger partial charge in [0.1, 0.15) is 10.5 Å². The maximum Gasteiger partial charge on any atom is 0.240 e. The van der Waals surface area contributed by atoms with Crippen LogP contribution in [0, 0.1) is 0 Å². The van der Waals surface area contributed by atoms with Gasteiger partial charge in [-0.1, -0.05) is 18.7 Å². The second-order valence-electron chi connectivity index (χ2n) is 5.04. The summed E-state index contributed by atoms with van der Waals surface area (Å²) in [7, 11) is 1.48. The lowest BCUT2D eigenvalue weighted by molar-refractivity contribution is -0.115. The van der Waals surface area contributed by atoms with Crippen molar-refractivity contribution in [3.63, 3.8) is 0 Å². The summed E-state index contributed by atoms with van der Waals surface area (Å²) in [6.45, 7) is 1.90. The van der Waals surface area contributed by atoms with Crippen LogP contribution in [-0.4, -0.2) is 48.2 Å². The normalized spacial score (nSPS) is 12.1. The number of hydrogen-bond donors (Lipinski definition) is 3. The number of nitrogens with two attached hydrogens (primary N) is 1. The van der Waals surface area contributed by atoms with Crippen LogP contribution < -0.4 is 15.8 Å². The number of methoxy groups -OCH3 is 1. The average Bonchev–Trinajstić information content (AvgIpc) is 3.09. The molecule has 12 heteroatoms. The lowest BCUT2D eigenvalue weighted by Crippen LogP contribution is -2.26. The number of nitrogens with one attached hydrogen (secondary N) is 2. The van der Waals surface area contributed by atoms with Crippen molar-refractivity contribution in [3.05, 3.63) is 17.0 Å². The molecule has 10 nitrogen and oxygen atoms in total. The zero-order valence-corrected chi connectivity index (χ0v) is 16.3. The van der Waals surface area contributed by atoms with Gasteiger partial charge < -0.3 is 15.5 Å². The molecule has 1 atom stereocenters. The quantitative estimate of drug-likeness (QED) is 0.388. The van der Waals surface area contributed by atoms with E-state index in [1.165, 1.54) is 31.4 Å². The van der Waals surface area contributed by atoms with E-state index < -0.39 is 5.25 Å². The van der Waals surface area contributed by atoms with Gasteiger partial charge in [0, 0.05) is 0 Å². The highest BCUT2D eigenvalue weighted by Gasteiger charge is 2.22. The number of amides is 1. The van der Waals surface area contributed by atoms with Crippen LogP contribution in [0.5, 0.6) is 5.88 Å². The van der Waals surface area contributed by atoms with Crippen molar-refractivity contribution in [1.82, 2.24) is 29.9 Å². The molecule has 4 N–H and O–H groups in total. The summed E-state index contributed by atoms with van der Waals surface area (Å²) < 4.78 is 5.70. The molecule has 0 aromatic carbocycles. The van der Waals surface area contributed by atoms with Gasteiger partial charge in [0.25, 0.3) is 0 Å². The Bertz CT molecular complexity index is 950. The smallest absolute Gasteiger partial charge is 0.240 e. The minimum Gasteiger partial charge on any atom is -0.480 e. The molecular weight excluding hydrogens is 424 g/mol. The molecule has 0 radical (unpaired) electrons. The number of halogens is 1. The second kappa shape index (κ2) is 7.83. The highest BCUT2D eigenvalue weighted by Crippen LogP contribution is 2.30. The highest BCUT2D eigenvalue weighted by atomic mass is 79.9. The van der Waals surface area contributed by atoms with Gasteiger partial charge >= 0.3 is 0 Å². The number of fused-ring (bicyclic) bond motifs is 1. The molecule has 0 fully saturated rings. The minimum atomic E-state index is -0.436. The van der Waals surface area contributed by atoms with E-state index in [2.05, 4.69) is 51.2 Å². The molecule has 1 amide bonds. The van der Waals surface area contributed by atoms with Crippen molar-refractivity contribution >= 4 is 56.7 Å². The number of hydrogen-bond acceptors (Lipinski definition) is 9. The summed E-state index contributed by atoms with van der Waals surface area (Å²) in [5.41, 5.74) is 6.81. The van der Waals surface area contributed by atoms with Crippen molar-refractivity contribution in [3.8, 4) is 5.88 Å². The van der Waals surface area contributed by atoms with E-state index in [1.807, 2.05) is 6.92 Å². The fourth-order valence-corrected chi connectivity index (χ4v) is 3.48. The van der Waals surface area contributed by atoms with Crippen LogP contribution in [0.3, 0.4) is 0 Å². The van der Waals surface area contributed by atoms with Crippen molar-refractivity contribution in [2.45, 2.75) is 23.6 Å².